The third-order valence-electron chi connectivity index (χ3n) is 6.73. The number of ether oxygens (including phenoxy) is 1. The highest BCUT2D eigenvalue weighted by Gasteiger charge is 2.15. The van der Waals surface area contributed by atoms with Gasteiger partial charge in [0.05, 0.1) is 5.56 Å². The van der Waals surface area contributed by atoms with Gasteiger partial charge in [-0.25, -0.2) is 9.78 Å². The number of nitrogens with zero attached hydrogens (tertiary/aromatic N) is 2. The SMILES string of the molecule is CCCCCCc1ccc(C(=O)Oc2ccc(-c3nc4ccc(Br)cn4c3NCc3ccccc3)cc2)cc1. The maximum absolute atomic E-state index is 12.8. The van der Waals surface area contributed by atoms with Crippen LogP contribution in [0.3, 0.4) is 0 Å². The van der Waals surface area contributed by atoms with Gasteiger partial charge in [0, 0.05) is 22.8 Å². The van der Waals surface area contributed by atoms with Crippen LogP contribution in [-0.4, -0.2) is 15.4 Å². The molecule has 0 amide bonds. The van der Waals surface area contributed by atoms with E-state index in [0.717, 1.165) is 33.6 Å². The van der Waals surface area contributed by atoms with Crippen LogP contribution in [0.25, 0.3) is 16.9 Å². The number of carbonyl (C=O) groups excluding carboxylic acids is 1. The van der Waals surface area contributed by atoms with Crippen molar-refractivity contribution in [3.8, 4) is 17.0 Å². The van der Waals surface area contributed by atoms with E-state index >= 15 is 0 Å². The van der Waals surface area contributed by atoms with Crippen molar-refractivity contribution in [2.75, 3.05) is 5.32 Å². The molecule has 0 aliphatic carbocycles. The molecule has 0 aliphatic heterocycles. The molecule has 1 N–H and O–H groups in total. The highest BCUT2D eigenvalue weighted by atomic mass is 79.9. The van der Waals surface area contributed by atoms with E-state index in [4.69, 9.17) is 9.72 Å². The quantitative estimate of drug-likeness (QED) is 0.0962. The van der Waals surface area contributed by atoms with E-state index < -0.39 is 0 Å². The van der Waals surface area contributed by atoms with E-state index in [-0.39, 0.29) is 5.97 Å². The molecule has 5 aromatic rings. The molecule has 0 fully saturated rings. The normalized spacial score (nSPS) is 11.0. The second kappa shape index (κ2) is 12.8. The van der Waals surface area contributed by atoms with Crippen LogP contribution in [0.2, 0.25) is 0 Å². The van der Waals surface area contributed by atoms with Gasteiger partial charge in [-0.15, -0.1) is 0 Å². The Hall–Kier alpha value is -3.90. The number of fused-ring (bicyclic) bond motifs is 1. The largest absolute Gasteiger partial charge is 0.423 e. The molecule has 2 aromatic heterocycles. The van der Waals surface area contributed by atoms with Crippen LogP contribution in [0.4, 0.5) is 5.82 Å². The number of nitrogens with one attached hydrogen (secondary N) is 1. The molecular formula is C33H32BrN3O2. The maximum atomic E-state index is 12.8. The minimum atomic E-state index is -0.358. The smallest absolute Gasteiger partial charge is 0.343 e. The van der Waals surface area contributed by atoms with Crippen molar-refractivity contribution in [1.29, 1.82) is 0 Å². The molecule has 0 bridgehead atoms. The zero-order valence-corrected chi connectivity index (χ0v) is 23.7. The lowest BCUT2D eigenvalue weighted by molar-refractivity contribution is 0.0735. The number of imidazole rings is 1. The Morgan fingerprint density at radius 2 is 1.64 bits per heavy atom. The number of pyridine rings is 1. The van der Waals surface area contributed by atoms with E-state index in [0.29, 0.717) is 17.9 Å². The van der Waals surface area contributed by atoms with Gasteiger partial charge in [0.2, 0.25) is 0 Å². The summed E-state index contributed by atoms with van der Waals surface area (Å²) in [6.07, 6.45) is 7.97. The van der Waals surface area contributed by atoms with Crippen molar-refractivity contribution in [3.63, 3.8) is 0 Å². The molecule has 5 nitrogen and oxygen atoms in total. The molecule has 0 aliphatic rings. The highest BCUT2D eigenvalue weighted by molar-refractivity contribution is 9.10. The first-order valence-corrected chi connectivity index (χ1v) is 14.3. The standard InChI is InChI=1S/C33H32BrN3O2/c1-2-3-4-6-9-24-12-14-27(15-13-24)33(38)39-29-19-16-26(17-20-29)31-32(35-22-25-10-7-5-8-11-25)37-23-28(34)18-21-30(37)36-31/h5,7-8,10-21,23,35H,2-4,6,9,22H2,1H3. The first kappa shape index (κ1) is 26.7. The summed E-state index contributed by atoms with van der Waals surface area (Å²) >= 11 is 3.58. The Balaban J connectivity index is 1.30. The van der Waals surface area contributed by atoms with E-state index in [1.165, 1.54) is 36.8 Å². The number of benzene rings is 3. The second-order valence-corrected chi connectivity index (χ2v) is 10.6. The molecule has 5 rings (SSSR count). The Morgan fingerprint density at radius 1 is 0.872 bits per heavy atom. The molecule has 0 unspecified atom stereocenters. The molecule has 3 aromatic carbocycles. The number of aromatic nitrogens is 2. The van der Waals surface area contributed by atoms with Gasteiger partial charge in [-0.1, -0.05) is 68.7 Å². The van der Waals surface area contributed by atoms with Crippen molar-refractivity contribution in [2.24, 2.45) is 0 Å². The monoisotopic (exact) mass is 581 g/mol. The molecule has 0 radical (unpaired) electrons. The first-order chi connectivity index (χ1) is 19.1. The Kier molecular flexibility index (Phi) is 8.74. The van der Waals surface area contributed by atoms with Crippen molar-refractivity contribution in [1.82, 2.24) is 9.38 Å². The summed E-state index contributed by atoms with van der Waals surface area (Å²) in [5, 5.41) is 3.56. The predicted octanol–water partition coefficient (Wildman–Crippen LogP) is 8.72. The third kappa shape index (κ3) is 6.76. The Morgan fingerprint density at radius 3 is 2.38 bits per heavy atom. The number of esters is 1. The van der Waals surface area contributed by atoms with Crippen LogP contribution >= 0.6 is 15.9 Å². The molecule has 0 spiro atoms. The fourth-order valence-corrected chi connectivity index (χ4v) is 4.92. The summed E-state index contributed by atoms with van der Waals surface area (Å²) in [6, 6.07) is 29.5. The summed E-state index contributed by atoms with van der Waals surface area (Å²) < 4.78 is 8.68. The zero-order valence-electron chi connectivity index (χ0n) is 22.1. The van der Waals surface area contributed by atoms with Gasteiger partial charge in [0.1, 0.15) is 22.9 Å². The van der Waals surface area contributed by atoms with Crippen LogP contribution < -0.4 is 10.1 Å². The van der Waals surface area contributed by atoms with E-state index in [9.17, 15) is 4.79 Å². The Bertz CT molecular complexity index is 1530. The summed E-state index contributed by atoms with van der Waals surface area (Å²) in [5.74, 6) is 1.04. The summed E-state index contributed by atoms with van der Waals surface area (Å²) in [4.78, 5) is 17.6. The van der Waals surface area contributed by atoms with Gasteiger partial charge < -0.3 is 10.1 Å². The van der Waals surface area contributed by atoms with E-state index in [1.54, 1.807) is 0 Å². The number of aryl methyl sites for hydroxylation is 1. The number of hydrogen-bond acceptors (Lipinski definition) is 4. The van der Waals surface area contributed by atoms with Crippen LogP contribution in [0.1, 0.15) is 54.1 Å². The minimum Gasteiger partial charge on any atom is -0.423 e. The van der Waals surface area contributed by atoms with Gasteiger partial charge in [-0.3, -0.25) is 4.40 Å². The number of hydrogen-bond donors (Lipinski definition) is 1. The molecule has 2 heterocycles. The first-order valence-electron chi connectivity index (χ1n) is 13.5. The number of rotatable bonds is 11. The fraction of sp³-hybridized carbons (Fsp3) is 0.212. The average molecular weight is 583 g/mol. The average Bonchev–Trinajstić information content (AvgIpc) is 3.33. The molecule has 198 valence electrons. The molecule has 0 saturated heterocycles. The van der Waals surface area contributed by atoms with Crippen molar-refractivity contribution < 1.29 is 9.53 Å². The van der Waals surface area contributed by atoms with Gasteiger partial charge >= 0.3 is 5.97 Å². The van der Waals surface area contributed by atoms with Gasteiger partial charge in [-0.05, 0) is 88.4 Å². The van der Waals surface area contributed by atoms with E-state index in [1.807, 2.05) is 89.5 Å². The minimum absolute atomic E-state index is 0.358. The lowest BCUT2D eigenvalue weighted by Gasteiger charge is -2.10. The van der Waals surface area contributed by atoms with Crippen molar-refractivity contribution in [2.45, 2.75) is 45.6 Å². The van der Waals surface area contributed by atoms with E-state index in [2.05, 4.69) is 40.3 Å². The van der Waals surface area contributed by atoms with Crippen molar-refractivity contribution >= 4 is 33.4 Å². The fourth-order valence-electron chi connectivity index (χ4n) is 4.58. The van der Waals surface area contributed by atoms with Crippen LogP contribution in [0.5, 0.6) is 5.75 Å². The number of unbranched alkanes of at least 4 members (excludes halogenated alkanes) is 3. The van der Waals surface area contributed by atoms with Gasteiger partial charge in [-0.2, -0.15) is 0 Å². The van der Waals surface area contributed by atoms with Crippen molar-refractivity contribution in [3.05, 3.63) is 118 Å². The molecule has 0 atom stereocenters. The summed E-state index contributed by atoms with van der Waals surface area (Å²) in [6.45, 7) is 2.88. The lowest BCUT2D eigenvalue weighted by atomic mass is 10.0. The zero-order chi connectivity index (χ0) is 27.0. The lowest BCUT2D eigenvalue weighted by Crippen LogP contribution is -2.08. The number of halogens is 1. The van der Waals surface area contributed by atoms with Gasteiger partial charge in [0.15, 0.2) is 0 Å². The highest BCUT2D eigenvalue weighted by Crippen LogP contribution is 2.31. The van der Waals surface area contributed by atoms with Crippen LogP contribution in [0.15, 0.2) is 102 Å². The Labute approximate surface area is 238 Å². The molecular weight excluding hydrogens is 550 g/mol. The second-order valence-electron chi connectivity index (χ2n) is 9.65. The third-order valence-corrected chi connectivity index (χ3v) is 7.20. The number of anilines is 1. The molecule has 39 heavy (non-hydrogen) atoms. The topological polar surface area (TPSA) is 55.6 Å². The predicted molar refractivity (Wildman–Crippen MR) is 161 cm³/mol. The summed E-state index contributed by atoms with van der Waals surface area (Å²) in [7, 11) is 0. The summed E-state index contributed by atoms with van der Waals surface area (Å²) in [5.41, 5.74) is 5.58. The molecule has 0 saturated carbocycles. The van der Waals surface area contributed by atoms with Crippen LogP contribution in [0, 0.1) is 0 Å². The number of carbonyl (C=O) groups is 1. The van der Waals surface area contributed by atoms with Gasteiger partial charge in [0.25, 0.3) is 0 Å². The molecule has 6 heteroatoms. The van der Waals surface area contributed by atoms with Crippen LogP contribution in [-0.2, 0) is 13.0 Å². The maximum Gasteiger partial charge on any atom is 0.343 e.